The van der Waals surface area contributed by atoms with Crippen molar-refractivity contribution in [3.63, 3.8) is 0 Å². The summed E-state index contributed by atoms with van der Waals surface area (Å²) in [4.78, 5) is 0. The SMILES string of the molecule is ClPCl.[CH-]1CCCCC1.[CH-]1CCCCC1.[CH-]1CCCCC1.[Ru+3]. The Morgan fingerprint density at radius 3 is 0.682 bits per heavy atom. The molecule has 0 N–H and O–H groups in total. The first-order chi connectivity index (χ1) is 10.4. The topological polar surface area (TPSA) is 0 Å². The minimum absolute atomic E-state index is 0. The van der Waals surface area contributed by atoms with E-state index < -0.39 is 0 Å². The van der Waals surface area contributed by atoms with Crippen LogP contribution in [0.25, 0.3) is 0 Å². The summed E-state index contributed by atoms with van der Waals surface area (Å²) in [6.45, 7) is 0. The smallest absolute Gasteiger partial charge is 0.328 e. The van der Waals surface area contributed by atoms with Gasteiger partial charge in [-0.25, -0.2) is 0 Å². The molecule has 3 rings (SSSR count). The van der Waals surface area contributed by atoms with E-state index >= 15 is 0 Å². The van der Waals surface area contributed by atoms with E-state index in [9.17, 15) is 0 Å². The van der Waals surface area contributed by atoms with Crippen molar-refractivity contribution in [2.75, 3.05) is 0 Å². The molecule has 0 aromatic carbocycles. The predicted octanol–water partition coefficient (Wildman–Crippen LogP) is 8.43. The van der Waals surface area contributed by atoms with Crippen molar-refractivity contribution < 1.29 is 19.5 Å². The molecule has 1 radical (unpaired) electrons. The van der Waals surface area contributed by atoms with Gasteiger partial charge in [-0.1, -0.05) is 80.3 Å². The van der Waals surface area contributed by atoms with Gasteiger partial charge in [0.1, 0.15) is 0 Å². The fourth-order valence-electron chi connectivity index (χ4n) is 2.70. The van der Waals surface area contributed by atoms with Crippen LogP contribution in [0.4, 0.5) is 0 Å². The molecule has 0 saturated heterocycles. The molecule has 0 aliphatic heterocycles. The van der Waals surface area contributed by atoms with Gasteiger partial charge in [-0.05, 0) is 0 Å². The van der Waals surface area contributed by atoms with Crippen LogP contribution in [0.5, 0.6) is 0 Å². The second-order valence-electron chi connectivity index (χ2n) is 5.85. The first-order valence-corrected chi connectivity index (χ1v) is 11.9. The molecule has 0 atom stereocenters. The van der Waals surface area contributed by atoms with Crippen LogP contribution in [0.1, 0.15) is 96.3 Å². The van der Waals surface area contributed by atoms with Crippen LogP contribution in [-0.2, 0) is 19.5 Å². The van der Waals surface area contributed by atoms with E-state index in [-0.39, 0.29) is 26.8 Å². The fourth-order valence-corrected chi connectivity index (χ4v) is 2.70. The normalized spacial score (nSPS) is 20.5. The van der Waals surface area contributed by atoms with Crippen molar-refractivity contribution in [3.05, 3.63) is 19.3 Å². The number of rotatable bonds is 0. The van der Waals surface area contributed by atoms with E-state index in [1.165, 1.54) is 96.3 Å². The summed E-state index contributed by atoms with van der Waals surface area (Å²) in [5.74, 6) is 0. The molecule has 0 unspecified atom stereocenters. The Morgan fingerprint density at radius 2 is 0.636 bits per heavy atom. The van der Waals surface area contributed by atoms with Gasteiger partial charge in [0.25, 0.3) is 0 Å². The Bertz CT molecular complexity index is 107. The predicted molar refractivity (Wildman–Crippen MR) is 102 cm³/mol. The Labute approximate surface area is 164 Å². The molecule has 3 aliphatic carbocycles. The maximum absolute atomic E-state index is 4.79. The fraction of sp³-hybridized carbons (Fsp3) is 0.833. The second-order valence-corrected chi connectivity index (χ2v) is 7.71. The van der Waals surface area contributed by atoms with Gasteiger partial charge in [-0.15, -0.1) is 0 Å². The zero-order valence-electron chi connectivity index (χ0n) is 13.9. The van der Waals surface area contributed by atoms with E-state index in [0.29, 0.717) is 0 Å². The minimum Gasteiger partial charge on any atom is -0.328 e. The van der Waals surface area contributed by atoms with Gasteiger partial charge in [-0.2, -0.15) is 38.5 Å². The van der Waals surface area contributed by atoms with E-state index in [4.69, 9.17) is 22.5 Å². The van der Waals surface area contributed by atoms with Crippen LogP contribution >= 0.6 is 29.8 Å². The van der Waals surface area contributed by atoms with Crippen molar-refractivity contribution in [3.8, 4) is 0 Å². The van der Waals surface area contributed by atoms with E-state index in [0.717, 1.165) is 0 Å². The third-order valence-corrected chi connectivity index (χ3v) is 3.95. The molecule has 3 fully saturated rings. The number of halogens is 2. The third-order valence-electron chi connectivity index (χ3n) is 3.95. The Morgan fingerprint density at radius 1 is 0.455 bits per heavy atom. The number of hydrogen-bond acceptors (Lipinski definition) is 0. The molecule has 4 heteroatoms. The third kappa shape index (κ3) is 23.9. The maximum atomic E-state index is 4.79. The monoisotopic (exact) mass is 453 g/mol. The molecular formula is C18H34Cl2PRu. The summed E-state index contributed by atoms with van der Waals surface area (Å²) in [6, 6.07) is 0. The quantitative estimate of drug-likeness (QED) is 0.196. The van der Waals surface area contributed by atoms with Gasteiger partial charge in [-0.3, -0.25) is 0 Å². The van der Waals surface area contributed by atoms with Gasteiger partial charge >= 0.3 is 19.5 Å². The van der Waals surface area contributed by atoms with Gasteiger partial charge in [0.2, 0.25) is 0 Å². The minimum atomic E-state index is 0. The molecule has 3 saturated carbocycles. The molecule has 133 valence electrons. The summed E-state index contributed by atoms with van der Waals surface area (Å²) in [5, 5.41) is 0. The van der Waals surface area contributed by atoms with E-state index in [2.05, 4.69) is 19.3 Å². The molecule has 22 heavy (non-hydrogen) atoms. The largest absolute Gasteiger partial charge is 3.00 e. The van der Waals surface area contributed by atoms with Crippen LogP contribution in [0.3, 0.4) is 0 Å². The van der Waals surface area contributed by atoms with Crippen molar-refractivity contribution in [1.29, 1.82) is 0 Å². The van der Waals surface area contributed by atoms with Crippen LogP contribution in [0.2, 0.25) is 0 Å². The average Bonchev–Trinajstić information content (AvgIpc) is 2.61. The number of hydrogen-bond donors (Lipinski definition) is 0. The molecule has 0 nitrogen and oxygen atoms in total. The Balaban J connectivity index is 0. The molecule has 0 aromatic rings. The van der Waals surface area contributed by atoms with Crippen LogP contribution in [0.15, 0.2) is 0 Å². The zero-order valence-corrected chi connectivity index (χ0v) is 18.2. The van der Waals surface area contributed by atoms with Crippen LogP contribution in [0, 0.1) is 19.3 Å². The molecule has 0 bridgehead atoms. The average molecular weight is 453 g/mol. The Kier molecular flexibility index (Phi) is 29.3. The van der Waals surface area contributed by atoms with Gasteiger partial charge < -0.3 is 19.3 Å². The van der Waals surface area contributed by atoms with Crippen molar-refractivity contribution in [2.45, 2.75) is 96.3 Å². The molecular weight excluding hydrogens is 419 g/mol. The van der Waals surface area contributed by atoms with Gasteiger partial charge in [0, 0.05) is 0 Å². The molecule has 0 heterocycles. The van der Waals surface area contributed by atoms with Crippen molar-refractivity contribution >= 4 is 29.8 Å². The summed E-state index contributed by atoms with van der Waals surface area (Å²) in [5.41, 5.74) is 0. The van der Waals surface area contributed by atoms with E-state index in [1.54, 1.807) is 0 Å². The van der Waals surface area contributed by atoms with Crippen molar-refractivity contribution in [1.82, 2.24) is 0 Å². The van der Waals surface area contributed by atoms with Crippen LogP contribution < -0.4 is 0 Å². The molecule has 0 aromatic heterocycles. The van der Waals surface area contributed by atoms with Gasteiger partial charge in [0.05, 0.1) is 7.29 Å². The van der Waals surface area contributed by atoms with Gasteiger partial charge in [0.15, 0.2) is 0 Å². The summed E-state index contributed by atoms with van der Waals surface area (Å²) in [7, 11) is 0.0278. The van der Waals surface area contributed by atoms with E-state index in [1.807, 2.05) is 0 Å². The standard InChI is InChI=1S/3C6H11.Cl2HP.Ru/c3*1-2-4-6-5-3-1;1-3-2;/h3*1H,2-6H2;3H;/q3*-1;;+3. The molecule has 0 amide bonds. The first-order valence-electron chi connectivity index (χ1n) is 8.83. The molecule has 0 spiro atoms. The van der Waals surface area contributed by atoms with Crippen LogP contribution in [-0.4, -0.2) is 0 Å². The zero-order chi connectivity index (χ0) is 15.4. The summed E-state index contributed by atoms with van der Waals surface area (Å²) >= 11 is 9.58. The summed E-state index contributed by atoms with van der Waals surface area (Å²) < 4.78 is 0. The van der Waals surface area contributed by atoms with Crippen molar-refractivity contribution in [2.24, 2.45) is 0 Å². The molecule has 3 aliphatic rings. The maximum Gasteiger partial charge on any atom is 3.00 e. The second kappa shape index (κ2) is 24.9. The summed E-state index contributed by atoms with van der Waals surface area (Å²) in [6.07, 6.45) is 28.5. The Hall–Kier alpha value is 1.63. The first kappa shape index (κ1) is 25.9.